The number of nitrogens with one attached hydrogen (secondary N) is 2. The van der Waals surface area contributed by atoms with E-state index in [1.807, 2.05) is 29.6 Å². The van der Waals surface area contributed by atoms with E-state index in [0.717, 1.165) is 24.5 Å². The molecule has 0 saturated carbocycles. The average molecular weight is 360 g/mol. The number of thiophene rings is 1. The zero-order chi connectivity index (χ0) is 17.6. The molecule has 0 bridgehead atoms. The molecule has 3 amide bonds. The molecule has 0 spiro atoms. The summed E-state index contributed by atoms with van der Waals surface area (Å²) in [4.78, 5) is 28.5. The van der Waals surface area contributed by atoms with Gasteiger partial charge in [-0.05, 0) is 35.7 Å². The van der Waals surface area contributed by atoms with Crippen LogP contribution in [0.3, 0.4) is 0 Å². The highest BCUT2D eigenvalue weighted by Gasteiger charge is 2.21. The number of ether oxygens (including phenoxy) is 1. The number of hydrogen-bond acceptors (Lipinski definition) is 5. The molecule has 1 aromatic heterocycles. The lowest BCUT2D eigenvalue weighted by atomic mass is 10.2. The maximum absolute atomic E-state index is 12.2. The van der Waals surface area contributed by atoms with E-state index in [9.17, 15) is 9.59 Å². The van der Waals surface area contributed by atoms with Crippen molar-refractivity contribution in [3.63, 3.8) is 0 Å². The Balaban J connectivity index is 1.46. The lowest BCUT2D eigenvalue weighted by Crippen LogP contribution is -2.55. The lowest BCUT2D eigenvalue weighted by Gasteiger charge is -2.36. The van der Waals surface area contributed by atoms with Crippen LogP contribution in [0, 0.1) is 0 Å². The van der Waals surface area contributed by atoms with Gasteiger partial charge in [-0.25, -0.2) is 10.2 Å². The number of amides is 3. The Morgan fingerprint density at radius 2 is 1.76 bits per heavy atom. The first-order valence-corrected chi connectivity index (χ1v) is 8.83. The van der Waals surface area contributed by atoms with Crippen LogP contribution < -0.4 is 20.5 Å². The van der Waals surface area contributed by atoms with Crippen LogP contribution in [0.2, 0.25) is 0 Å². The summed E-state index contributed by atoms with van der Waals surface area (Å²) in [6.07, 6.45) is 0. The molecule has 3 rings (SSSR count). The number of carbonyl (C=O) groups is 2. The van der Waals surface area contributed by atoms with Crippen molar-refractivity contribution in [1.82, 2.24) is 15.8 Å². The summed E-state index contributed by atoms with van der Waals surface area (Å²) >= 11 is 1.33. The normalized spacial score (nSPS) is 14.1. The summed E-state index contributed by atoms with van der Waals surface area (Å²) in [7, 11) is 1.64. The van der Waals surface area contributed by atoms with E-state index >= 15 is 0 Å². The predicted octanol–water partition coefficient (Wildman–Crippen LogP) is 1.93. The Hall–Kier alpha value is -2.74. The molecule has 2 N–H and O–H groups in total. The van der Waals surface area contributed by atoms with Crippen molar-refractivity contribution in [3.8, 4) is 5.75 Å². The number of urea groups is 1. The van der Waals surface area contributed by atoms with Gasteiger partial charge in [-0.2, -0.15) is 0 Å². The van der Waals surface area contributed by atoms with Crippen molar-refractivity contribution < 1.29 is 14.3 Å². The number of carbonyl (C=O) groups excluding carboxylic acids is 2. The van der Waals surface area contributed by atoms with E-state index in [-0.39, 0.29) is 11.9 Å². The summed E-state index contributed by atoms with van der Waals surface area (Å²) in [6.45, 7) is 2.65. The minimum Gasteiger partial charge on any atom is -0.497 e. The Morgan fingerprint density at radius 1 is 1.04 bits per heavy atom. The van der Waals surface area contributed by atoms with Gasteiger partial charge in [0.05, 0.1) is 12.0 Å². The third kappa shape index (κ3) is 4.21. The quantitative estimate of drug-likeness (QED) is 0.821. The van der Waals surface area contributed by atoms with Crippen LogP contribution in [0.4, 0.5) is 10.5 Å². The van der Waals surface area contributed by atoms with E-state index in [4.69, 9.17) is 4.74 Å². The van der Waals surface area contributed by atoms with Crippen LogP contribution in [0.5, 0.6) is 5.75 Å². The van der Waals surface area contributed by atoms with Gasteiger partial charge in [-0.1, -0.05) is 6.07 Å². The summed E-state index contributed by atoms with van der Waals surface area (Å²) in [5, 5.41) is 1.81. The van der Waals surface area contributed by atoms with E-state index < -0.39 is 0 Å². The SMILES string of the molecule is COc1ccc(N2CCN(C(=O)NNC(=O)c3cccs3)CC2)cc1. The average Bonchev–Trinajstić information content (AvgIpc) is 3.21. The Kier molecular flexibility index (Phi) is 5.39. The Labute approximate surface area is 150 Å². The second-order valence-electron chi connectivity index (χ2n) is 5.53. The fourth-order valence-corrected chi connectivity index (χ4v) is 3.24. The number of piperazine rings is 1. The number of benzene rings is 1. The molecular weight excluding hydrogens is 340 g/mol. The number of hydrogen-bond donors (Lipinski definition) is 2. The van der Waals surface area contributed by atoms with Crippen molar-refractivity contribution in [1.29, 1.82) is 0 Å². The maximum Gasteiger partial charge on any atom is 0.336 e. The van der Waals surface area contributed by atoms with Crippen molar-refractivity contribution >= 4 is 29.0 Å². The second-order valence-corrected chi connectivity index (χ2v) is 6.48. The molecule has 0 atom stereocenters. The van der Waals surface area contributed by atoms with Crippen LogP contribution in [-0.4, -0.2) is 50.1 Å². The Bertz CT molecular complexity index is 710. The maximum atomic E-state index is 12.2. The summed E-state index contributed by atoms with van der Waals surface area (Å²) in [6, 6.07) is 11.1. The van der Waals surface area contributed by atoms with Gasteiger partial charge in [-0.3, -0.25) is 10.2 Å². The summed E-state index contributed by atoms with van der Waals surface area (Å²) in [5.74, 6) is 0.517. The van der Waals surface area contributed by atoms with E-state index in [0.29, 0.717) is 18.0 Å². The molecule has 1 aliphatic heterocycles. The Morgan fingerprint density at radius 3 is 2.36 bits per heavy atom. The van der Waals surface area contributed by atoms with Crippen molar-refractivity contribution in [2.45, 2.75) is 0 Å². The third-order valence-corrected chi connectivity index (χ3v) is 4.90. The first kappa shape index (κ1) is 17.1. The fraction of sp³-hybridized carbons (Fsp3) is 0.294. The molecular formula is C17H20N4O3S. The molecule has 8 heteroatoms. The van der Waals surface area contributed by atoms with E-state index in [1.54, 1.807) is 24.1 Å². The van der Waals surface area contributed by atoms with Gasteiger partial charge in [0, 0.05) is 31.9 Å². The molecule has 0 unspecified atom stereocenters. The highest BCUT2D eigenvalue weighted by atomic mass is 32.1. The molecule has 2 heterocycles. The van der Waals surface area contributed by atoms with Crippen LogP contribution in [0.15, 0.2) is 41.8 Å². The summed E-state index contributed by atoms with van der Waals surface area (Å²) in [5.41, 5.74) is 6.01. The highest BCUT2D eigenvalue weighted by molar-refractivity contribution is 7.12. The zero-order valence-corrected chi connectivity index (χ0v) is 14.7. The molecule has 1 aromatic carbocycles. The van der Waals surface area contributed by atoms with Gasteiger partial charge in [0.15, 0.2) is 0 Å². The molecule has 2 aromatic rings. The summed E-state index contributed by atoms with van der Waals surface area (Å²) < 4.78 is 5.16. The first-order chi connectivity index (χ1) is 12.2. The van der Waals surface area contributed by atoms with Gasteiger partial charge >= 0.3 is 6.03 Å². The number of rotatable bonds is 3. The standard InChI is InChI=1S/C17H20N4O3S/c1-24-14-6-4-13(5-7-14)20-8-10-21(11-9-20)17(23)19-18-16(22)15-3-2-12-25-15/h2-7,12H,8-11H2,1H3,(H,18,22)(H,19,23). The smallest absolute Gasteiger partial charge is 0.336 e. The number of hydrazine groups is 1. The molecule has 1 fully saturated rings. The van der Waals surface area contributed by atoms with Gasteiger partial charge in [0.2, 0.25) is 0 Å². The van der Waals surface area contributed by atoms with Crippen molar-refractivity contribution in [2.24, 2.45) is 0 Å². The zero-order valence-electron chi connectivity index (χ0n) is 13.9. The largest absolute Gasteiger partial charge is 0.497 e. The lowest BCUT2D eigenvalue weighted by molar-refractivity contribution is 0.0933. The highest BCUT2D eigenvalue weighted by Crippen LogP contribution is 2.20. The van der Waals surface area contributed by atoms with Crippen LogP contribution in [-0.2, 0) is 0 Å². The van der Waals surface area contributed by atoms with E-state index in [2.05, 4.69) is 15.8 Å². The first-order valence-electron chi connectivity index (χ1n) is 7.95. The van der Waals surface area contributed by atoms with Gasteiger partial charge in [-0.15, -0.1) is 11.3 Å². The molecule has 1 saturated heterocycles. The second kappa shape index (κ2) is 7.89. The number of anilines is 1. The van der Waals surface area contributed by atoms with Crippen LogP contribution in [0.25, 0.3) is 0 Å². The minimum absolute atomic E-state index is 0.292. The topological polar surface area (TPSA) is 73.9 Å². The van der Waals surface area contributed by atoms with Crippen molar-refractivity contribution in [3.05, 3.63) is 46.7 Å². The third-order valence-electron chi connectivity index (χ3n) is 4.03. The van der Waals surface area contributed by atoms with E-state index in [1.165, 1.54) is 11.3 Å². The molecule has 7 nitrogen and oxygen atoms in total. The van der Waals surface area contributed by atoms with Crippen LogP contribution in [0.1, 0.15) is 9.67 Å². The fourth-order valence-electron chi connectivity index (χ4n) is 2.62. The minimum atomic E-state index is -0.305. The van der Waals surface area contributed by atoms with Crippen LogP contribution >= 0.6 is 11.3 Å². The van der Waals surface area contributed by atoms with Gasteiger partial charge in [0.1, 0.15) is 5.75 Å². The molecule has 1 aliphatic rings. The number of methoxy groups -OCH3 is 1. The molecule has 132 valence electrons. The molecule has 0 aliphatic carbocycles. The van der Waals surface area contributed by atoms with Gasteiger partial charge in [0.25, 0.3) is 5.91 Å². The van der Waals surface area contributed by atoms with Crippen molar-refractivity contribution in [2.75, 3.05) is 38.2 Å². The number of nitrogens with zero attached hydrogens (tertiary/aromatic N) is 2. The molecule has 25 heavy (non-hydrogen) atoms. The monoisotopic (exact) mass is 360 g/mol. The molecule has 0 radical (unpaired) electrons. The predicted molar refractivity (Wildman–Crippen MR) is 97.1 cm³/mol. The van der Waals surface area contributed by atoms with Gasteiger partial charge < -0.3 is 14.5 Å².